The molecule has 0 N–H and O–H groups in total. The van der Waals surface area contributed by atoms with Crippen LogP contribution in [0.1, 0.15) is 12.8 Å². The molecule has 1 aliphatic heterocycles. The average Bonchev–Trinajstić information content (AvgIpc) is 1.77. The van der Waals surface area contributed by atoms with Crippen LogP contribution in [0.15, 0.2) is 0 Å². The molecule has 0 spiro atoms. The Balaban J connectivity index is 2.19. The molecule has 1 fully saturated rings. The first kappa shape index (κ1) is 6.51. The van der Waals surface area contributed by atoms with Gasteiger partial charge in [-0.05, 0) is 38.6 Å². The van der Waals surface area contributed by atoms with Gasteiger partial charge in [0.05, 0.1) is 0 Å². The van der Waals surface area contributed by atoms with Crippen LogP contribution in [0, 0.1) is 0 Å². The van der Waals surface area contributed by atoms with E-state index in [1.807, 2.05) is 0 Å². The van der Waals surface area contributed by atoms with Gasteiger partial charge in [0.2, 0.25) is 0 Å². The second kappa shape index (κ2) is 2.80. The Morgan fingerprint density at radius 3 is 2.25 bits per heavy atom. The van der Waals surface area contributed by atoms with E-state index in [1.54, 1.807) is 0 Å². The molecule has 1 heterocycles. The van der Waals surface area contributed by atoms with E-state index in [-0.39, 0.29) is 0 Å². The minimum Gasteiger partial charge on any atom is -0.306 e. The number of hydrogen-bond acceptors (Lipinski definition) is 1. The second-order valence-corrected chi connectivity index (χ2v) is 3.58. The zero-order valence-electron chi connectivity index (χ0n) is 5.43. The van der Waals surface area contributed by atoms with Crippen LogP contribution < -0.4 is 0 Å². The van der Waals surface area contributed by atoms with Crippen LogP contribution in [0.5, 0.6) is 0 Å². The zero-order chi connectivity index (χ0) is 5.98. The lowest BCUT2D eigenvalue weighted by Gasteiger charge is -2.25. The molecule has 1 saturated heterocycles. The molecule has 0 radical (unpaired) electrons. The van der Waals surface area contributed by atoms with Gasteiger partial charge in [0, 0.05) is 0 Å². The van der Waals surface area contributed by atoms with E-state index in [2.05, 4.69) is 21.2 Å². The fourth-order valence-corrected chi connectivity index (χ4v) is 1.33. The third-order valence-electron chi connectivity index (χ3n) is 1.76. The largest absolute Gasteiger partial charge is 0.306 e. The highest BCUT2D eigenvalue weighted by atomic mass is 31.0. The topological polar surface area (TPSA) is 3.24 Å². The Morgan fingerprint density at radius 1 is 1.38 bits per heavy atom. The smallest absolute Gasteiger partial charge is 0.00159 e. The minimum absolute atomic E-state index is 0.895. The average molecular weight is 131 g/mol. The van der Waals surface area contributed by atoms with Crippen LogP contribution in [-0.2, 0) is 0 Å². The van der Waals surface area contributed by atoms with Crippen LogP contribution in [-0.4, -0.2) is 30.7 Å². The maximum absolute atomic E-state index is 2.90. The molecule has 0 amide bonds. The molecule has 0 saturated carbocycles. The standard InChI is InChI=1S/C6H14NP/c1-7-4-2-6(8)3-5-7/h6H,2-5,8H2,1H3. The van der Waals surface area contributed by atoms with E-state index in [4.69, 9.17) is 0 Å². The Labute approximate surface area is 53.6 Å². The molecule has 0 aliphatic carbocycles. The molecule has 2 heteroatoms. The van der Waals surface area contributed by atoms with Crippen LogP contribution in [0.25, 0.3) is 0 Å². The Kier molecular flexibility index (Phi) is 2.27. The lowest BCUT2D eigenvalue weighted by atomic mass is 10.1. The minimum atomic E-state index is 0.895. The van der Waals surface area contributed by atoms with Crippen LogP contribution in [0.3, 0.4) is 0 Å². The van der Waals surface area contributed by atoms with Crippen molar-refractivity contribution in [1.82, 2.24) is 4.90 Å². The molecule has 1 rings (SSSR count). The number of piperidine rings is 1. The molecule has 8 heavy (non-hydrogen) atoms. The molecule has 0 aromatic rings. The van der Waals surface area contributed by atoms with Crippen molar-refractivity contribution in [1.29, 1.82) is 0 Å². The van der Waals surface area contributed by atoms with E-state index in [0.717, 1.165) is 5.66 Å². The molecule has 1 atom stereocenters. The summed E-state index contributed by atoms with van der Waals surface area (Å²) in [6.07, 6.45) is 2.72. The Morgan fingerprint density at radius 2 is 1.88 bits per heavy atom. The van der Waals surface area contributed by atoms with Crippen molar-refractivity contribution < 1.29 is 0 Å². The van der Waals surface area contributed by atoms with Crippen LogP contribution in [0.2, 0.25) is 0 Å². The number of nitrogens with zero attached hydrogens (tertiary/aromatic N) is 1. The lowest BCUT2D eigenvalue weighted by Crippen LogP contribution is -2.30. The molecule has 0 aromatic carbocycles. The van der Waals surface area contributed by atoms with Gasteiger partial charge >= 0.3 is 0 Å². The first-order valence-corrected chi connectivity index (χ1v) is 3.90. The van der Waals surface area contributed by atoms with E-state index < -0.39 is 0 Å². The van der Waals surface area contributed by atoms with Gasteiger partial charge < -0.3 is 4.90 Å². The second-order valence-electron chi connectivity index (χ2n) is 2.64. The molecular formula is C6H14NP. The maximum Gasteiger partial charge on any atom is -0.00159 e. The molecule has 1 unspecified atom stereocenters. The molecule has 0 bridgehead atoms. The van der Waals surface area contributed by atoms with Crippen molar-refractivity contribution in [3.63, 3.8) is 0 Å². The zero-order valence-corrected chi connectivity index (χ0v) is 6.59. The first-order chi connectivity index (χ1) is 3.79. The first-order valence-electron chi connectivity index (χ1n) is 3.23. The number of rotatable bonds is 0. The van der Waals surface area contributed by atoms with Gasteiger partial charge in [-0.3, -0.25) is 0 Å². The molecule has 0 aromatic heterocycles. The van der Waals surface area contributed by atoms with Gasteiger partial charge in [0.15, 0.2) is 0 Å². The Bertz CT molecular complexity index is 56.9. The van der Waals surface area contributed by atoms with Crippen molar-refractivity contribution in [3.8, 4) is 0 Å². The van der Waals surface area contributed by atoms with Gasteiger partial charge in [-0.1, -0.05) is 0 Å². The fraction of sp³-hybridized carbons (Fsp3) is 1.00. The van der Waals surface area contributed by atoms with Crippen molar-refractivity contribution in [2.24, 2.45) is 0 Å². The lowest BCUT2D eigenvalue weighted by molar-refractivity contribution is 0.282. The van der Waals surface area contributed by atoms with Crippen LogP contribution >= 0.6 is 9.24 Å². The maximum atomic E-state index is 2.90. The predicted molar refractivity (Wildman–Crippen MR) is 40.2 cm³/mol. The highest BCUT2D eigenvalue weighted by Gasteiger charge is 2.10. The van der Waals surface area contributed by atoms with Gasteiger partial charge in [0.25, 0.3) is 0 Å². The molecule has 48 valence electrons. The summed E-state index contributed by atoms with van der Waals surface area (Å²) in [5, 5.41) is 0. The predicted octanol–water partition coefficient (Wildman–Crippen LogP) is 0.956. The van der Waals surface area contributed by atoms with Gasteiger partial charge in [-0.15, -0.1) is 9.24 Å². The summed E-state index contributed by atoms with van der Waals surface area (Å²) in [7, 11) is 5.09. The van der Waals surface area contributed by atoms with E-state index >= 15 is 0 Å². The van der Waals surface area contributed by atoms with E-state index in [1.165, 1.54) is 25.9 Å². The summed E-state index contributed by atoms with van der Waals surface area (Å²) >= 11 is 0. The summed E-state index contributed by atoms with van der Waals surface area (Å²) in [4.78, 5) is 2.39. The number of hydrogen-bond donors (Lipinski definition) is 0. The van der Waals surface area contributed by atoms with Crippen LogP contribution in [0.4, 0.5) is 0 Å². The van der Waals surface area contributed by atoms with Crippen molar-refractivity contribution in [3.05, 3.63) is 0 Å². The summed E-state index contributed by atoms with van der Waals surface area (Å²) in [5.41, 5.74) is 0.895. The highest BCUT2D eigenvalue weighted by molar-refractivity contribution is 7.17. The van der Waals surface area contributed by atoms with Gasteiger partial charge in [-0.25, -0.2) is 0 Å². The van der Waals surface area contributed by atoms with Gasteiger partial charge in [-0.2, -0.15) is 0 Å². The van der Waals surface area contributed by atoms with Crippen molar-refractivity contribution in [2.75, 3.05) is 20.1 Å². The van der Waals surface area contributed by atoms with Gasteiger partial charge in [0.1, 0.15) is 0 Å². The molecular weight excluding hydrogens is 117 g/mol. The highest BCUT2D eigenvalue weighted by Crippen LogP contribution is 2.15. The molecule has 1 aliphatic rings. The van der Waals surface area contributed by atoms with Crippen molar-refractivity contribution in [2.45, 2.75) is 18.5 Å². The van der Waals surface area contributed by atoms with E-state index in [9.17, 15) is 0 Å². The molecule has 1 nitrogen and oxygen atoms in total. The third kappa shape index (κ3) is 1.72. The SMILES string of the molecule is CN1CCC(P)CC1. The summed E-state index contributed by atoms with van der Waals surface area (Å²) in [6, 6.07) is 0. The fourth-order valence-electron chi connectivity index (χ4n) is 1.03. The monoisotopic (exact) mass is 131 g/mol. The Hall–Kier alpha value is 0.390. The third-order valence-corrected chi connectivity index (χ3v) is 2.43. The number of likely N-dealkylation sites (tertiary alicyclic amines) is 1. The van der Waals surface area contributed by atoms with Crippen molar-refractivity contribution >= 4 is 9.24 Å². The summed E-state index contributed by atoms with van der Waals surface area (Å²) < 4.78 is 0. The summed E-state index contributed by atoms with van der Waals surface area (Å²) in [5.74, 6) is 0. The normalized spacial score (nSPS) is 26.2. The summed E-state index contributed by atoms with van der Waals surface area (Å²) in [6.45, 7) is 2.57. The van der Waals surface area contributed by atoms with E-state index in [0.29, 0.717) is 0 Å². The quantitative estimate of drug-likeness (QED) is 0.442.